The summed E-state index contributed by atoms with van der Waals surface area (Å²) in [4.78, 5) is 27.0. The number of nitrogens with zero attached hydrogens (tertiary/aromatic N) is 4. The number of ether oxygens (including phenoxy) is 1. The number of hydrogen-bond donors (Lipinski definition) is 3. The van der Waals surface area contributed by atoms with Crippen LogP contribution in [0.5, 0.6) is 11.8 Å². The van der Waals surface area contributed by atoms with E-state index in [1.165, 1.54) is 12.1 Å². The van der Waals surface area contributed by atoms with Crippen molar-refractivity contribution in [3.63, 3.8) is 0 Å². The number of carbonyl (C=O) groups excluding carboxylic acids is 1. The number of nitrogens with one attached hydrogen (secondary N) is 1. The van der Waals surface area contributed by atoms with Crippen LogP contribution in [0.15, 0.2) is 36.9 Å². The lowest BCUT2D eigenvalue weighted by atomic mass is 9.78. The van der Waals surface area contributed by atoms with Gasteiger partial charge in [0.05, 0.1) is 27.9 Å². The molecule has 3 aliphatic carbocycles. The van der Waals surface area contributed by atoms with Gasteiger partial charge in [-0.15, -0.1) is 6.42 Å². The van der Waals surface area contributed by atoms with E-state index in [0.29, 0.717) is 61.3 Å². The molecule has 0 radical (unpaired) electrons. The lowest BCUT2D eigenvalue weighted by Crippen LogP contribution is -2.54. The van der Waals surface area contributed by atoms with Crippen molar-refractivity contribution in [1.82, 2.24) is 19.8 Å². The van der Waals surface area contributed by atoms with E-state index < -0.39 is 28.7 Å². The van der Waals surface area contributed by atoms with E-state index in [2.05, 4.69) is 36.6 Å². The van der Waals surface area contributed by atoms with E-state index >= 15 is 8.78 Å². The van der Waals surface area contributed by atoms with Crippen molar-refractivity contribution in [1.29, 1.82) is 0 Å². The van der Waals surface area contributed by atoms with E-state index in [1.54, 1.807) is 23.1 Å². The molecule has 9 nitrogen and oxygen atoms in total. The molecule has 1 aromatic heterocycles. The summed E-state index contributed by atoms with van der Waals surface area (Å²) in [7, 11) is 1.84. The summed E-state index contributed by atoms with van der Waals surface area (Å²) < 4.78 is 37.2. The number of alkyl halides is 1. The Morgan fingerprint density at radius 2 is 1.93 bits per heavy atom. The van der Waals surface area contributed by atoms with Gasteiger partial charge in [-0.1, -0.05) is 45.3 Å². The minimum Gasteiger partial charge on any atom is -0.508 e. The summed E-state index contributed by atoms with van der Waals surface area (Å²) in [5.41, 5.74) is 1.05. The van der Waals surface area contributed by atoms with Crippen molar-refractivity contribution in [3.05, 3.63) is 65.1 Å². The van der Waals surface area contributed by atoms with Gasteiger partial charge in [-0.3, -0.25) is 9.69 Å². The summed E-state index contributed by atoms with van der Waals surface area (Å²) in [5, 5.41) is 26.3. The zero-order valence-electron chi connectivity index (χ0n) is 34.1. The number of hydrogen-bond acceptors (Lipinski definition) is 8. The Hall–Kier alpha value is -4.27. The summed E-state index contributed by atoms with van der Waals surface area (Å²) in [6.45, 7) is 11.7. The van der Waals surface area contributed by atoms with Gasteiger partial charge in [-0.25, -0.2) is 8.78 Å². The van der Waals surface area contributed by atoms with Crippen LogP contribution < -0.4 is 10.1 Å². The number of benzene rings is 2. The topological polar surface area (TPSA) is 111 Å². The molecule has 0 unspecified atom stereocenters. The van der Waals surface area contributed by atoms with Crippen LogP contribution in [0.25, 0.3) is 10.8 Å². The maximum absolute atomic E-state index is 15.5. The van der Waals surface area contributed by atoms with Gasteiger partial charge in [0.1, 0.15) is 30.2 Å². The average Bonchev–Trinajstić information content (AvgIpc) is 3.80. The van der Waals surface area contributed by atoms with Gasteiger partial charge >= 0.3 is 6.01 Å². The molecule has 3 aromatic rings. The molecule has 306 valence electrons. The predicted octanol–water partition coefficient (Wildman–Crippen LogP) is 7.86. The molecular formula is C46H59F2N5O4. The van der Waals surface area contributed by atoms with Gasteiger partial charge in [0.15, 0.2) is 0 Å². The van der Waals surface area contributed by atoms with Gasteiger partial charge < -0.3 is 25.2 Å². The second kappa shape index (κ2) is 16.2. The minimum atomic E-state index is -0.988. The van der Waals surface area contributed by atoms with Gasteiger partial charge in [0.2, 0.25) is 5.91 Å². The number of aromatic nitrogens is 2. The monoisotopic (exact) mass is 783 g/mol. The van der Waals surface area contributed by atoms with E-state index in [4.69, 9.17) is 21.1 Å². The Morgan fingerprint density at radius 1 is 1.19 bits per heavy atom. The van der Waals surface area contributed by atoms with Gasteiger partial charge in [-0.2, -0.15) is 9.97 Å². The molecule has 2 aromatic carbocycles. The first kappa shape index (κ1) is 40.9. The molecule has 2 heterocycles. The third-order valence-corrected chi connectivity index (χ3v) is 14.1. The lowest BCUT2D eigenvalue weighted by molar-refractivity contribution is -0.129. The van der Waals surface area contributed by atoms with Crippen LogP contribution in [0.2, 0.25) is 0 Å². The van der Waals surface area contributed by atoms with E-state index in [-0.39, 0.29) is 41.7 Å². The summed E-state index contributed by atoms with van der Waals surface area (Å²) >= 11 is 0. The molecule has 1 aliphatic heterocycles. The maximum atomic E-state index is 15.5. The number of aromatic hydroxyl groups is 1. The highest BCUT2D eigenvalue weighted by Crippen LogP contribution is 2.44. The quantitative estimate of drug-likeness (QED) is 0.126. The number of fused-ring (bicyclic) bond motifs is 2. The smallest absolute Gasteiger partial charge is 0.318 e. The van der Waals surface area contributed by atoms with Crippen LogP contribution in [0.1, 0.15) is 113 Å². The number of likely N-dealkylation sites (tertiary alicyclic amines) is 1. The summed E-state index contributed by atoms with van der Waals surface area (Å²) in [6, 6.07) is 6.47. The van der Waals surface area contributed by atoms with Crippen LogP contribution in [0.4, 0.5) is 14.6 Å². The van der Waals surface area contributed by atoms with Crippen LogP contribution in [-0.2, 0) is 17.6 Å². The highest BCUT2D eigenvalue weighted by atomic mass is 19.1. The second-order valence-corrected chi connectivity index (χ2v) is 18.0. The molecule has 4 aliphatic rings. The first-order chi connectivity index (χ1) is 27.2. The number of rotatable bonds is 12. The normalized spacial score (nSPS) is 27.2. The first-order valence-electron chi connectivity index (χ1n) is 20.9. The largest absolute Gasteiger partial charge is 0.508 e. The number of phenolic OH excluding ortho intramolecular Hbond substituents is 1. The molecule has 0 spiro atoms. The van der Waals surface area contributed by atoms with Gasteiger partial charge in [0, 0.05) is 44.1 Å². The Bertz CT molecular complexity index is 2030. The molecule has 11 heteroatoms. The molecule has 57 heavy (non-hydrogen) atoms. The Morgan fingerprint density at radius 3 is 2.61 bits per heavy atom. The van der Waals surface area contributed by atoms with Crippen LogP contribution in [0.3, 0.4) is 0 Å². The molecule has 2 saturated carbocycles. The van der Waals surface area contributed by atoms with Gasteiger partial charge in [-0.05, 0) is 118 Å². The summed E-state index contributed by atoms with van der Waals surface area (Å²) in [6.07, 6.45) is 15.3. The third-order valence-electron chi connectivity index (χ3n) is 14.1. The highest BCUT2D eigenvalue weighted by Gasteiger charge is 2.50. The lowest BCUT2D eigenvalue weighted by Gasteiger charge is -2.44. The predicted molar refractivity (Wildman–Crippen MR) is 220 cm³/mol. The molecule has 7 rings (SSSR count). The maximum Gasteiger partial charge on any atom is 0.318 e. The van der Waals surface area contributed by atoms with Crippen LogP contribution in [0, 0.1) is 30.0 Å². The molecule has 3 fully saturated rings. The highest BCUT2D eigenvalue weighted by molar-refractivity contribution is 5.93. The van der Waals surface area contributed by atoms with Crippen LogP contribution in [-0.4, -0.2) is 92.0 Å². The number of aliphatic hydroxyl groups is 1. The molecular weight excluding hydrogens is 725 g/mol. The fourth-order valence-corrected chi connectivity index (χ4v) is 10.4. The zero-order valence-corrected chi connectivity index (χ0v) is 34.1. The fourth-order valence-electron chi connectivity index (χ4n) is 10.4. The minimum absolute atomic E-state index is 0.0782. The van der Waals surface area contributed by atoms with Crippen molar-refractivity contribution in [2.24, 2.45) is 11.8 Å². The number of amides is 1. The Balaban J connectivity index is 1.22. The number of carbonyl (C=O) groups is 1. The van der Waals surface area contributed by atoms with E-state index in [0.717, 1.165) is 74.7 Å². The number of anilines is 1. The number of halogens is 2. The Labute approximate surface area is 336 Å². The molecule has 1 amide bonds. The van der Waals surface area contributed by atoms with Crippen molar-refractivity contribution in [2.45, 2.75) is 127 Å². The fraction of sp³-hybridized carbons (Fsp3) is 0.587. The van der Waals surface area contributed by atoms with Gasteiger partial charge in [0.25, 0.3) is 0 Å². The average molecular weight is 784 g/mol. The first-order valence-corrected chi connectivity index (χ1v) is 20.9. The number of terminal acetylenes is 1. The third kappa shape index (κ3) is 8.09. The Kier molecular flexibility index (Phi) is 11.6. The zero-order chi connectivity index (χ0) is 40.7. The van der Waals surface area contributed by atoms with Crippen LogP contribution >= 0.6 is 0 Å². The van der Waals surface area contributed by atoms with E-state index in [1.807, 2.05) is 14.0 Å². The summed E-state index contributed by atoms with van der Waals surface area (Å²) in [5.74, 6) is 2.98. The molecule has 1 saturated heterocycles. The molecule has 3 atom stereocenters. The van der Waals surface area contributed by atoms with Crippen molar-refractivity contribution in [3.8, 4) is 24.1 Å². The second-order valence-electron chi connectivity index (χ2n) is 18.0. The number of likely N-dealkylation sites (N-methyl/N-ethyl adjacent to an activating group) is 1. The molecule has 3 N–H and O–H groups in total. The molecule has 0 bridgehead atoms. The SMILES string of the molecule is C#Cc1c(F)ccc2cc(O)cc([C@@H]3CCc4c(nc(OC[C@]5(C(C)C)C[C@@H](F)CN5CC5CCC(C)(O)CC5)nc4NCC4(N(C)C(=O)C=C)CCCC4)C3)c12. The van der Waals surface area contributed by atoms with Crippen molar-refractivity contribution < 1.29 is 28.5 Å². The standard InChI is InChI=1S/C46H59F2N5O4/c1-7-35-38(48)14-12-32-21-34(54)23-37(41(32)35)31-11-13-36-39(22-31)50-43(51-42(36)49-27-45(17-9-10-18-45)52(6)40(55)8-2)57-28-46(29(3)4)24-33(47)26-53(46)25-30-15-19-44(5,56)20-16-30/h1,8,12,14,21,23,29-31,33,54,56H,2,9-11,13,15-20,22,24-28H2,3-6H3,(H,49,50,51)/t30?,31-,33-,44?,46+/m1/s1. The van der Waals surface area contributed by atoms with Crippen molar-refractivity contribution >= 4 is 22.5 Å². The van der Waals surface area contributed by atoms with Crippen molar-refractivity contribution in [2.75, 3.05) is 38.6 Å². The number of phenols is 1. The van der Waals surface area contributed by atoms with E-state index in [9.17, 15) is 15.0 Å².